The van der Waals surface area contributed by atoms with Crippen LogP contribution in [0.1, 0.15) is 60.9 Å². The lowest BCUT2D eigenvalue weighted by atomic mass is 9.82. The van der Waals surface area contributed by atoms with Crippen molar-refractivity contribution < 1.29 is 10.3 Å². The van der Waals surface area contributed by atoms with Gasteiger partial charge in [0, 0.05) is 13.0 Å². The molecule has 29 heavy (non-hydrogen) atoms. The predicted octanol–water partition coefficient (Wildman–Crippen LogP) is 6.61. The van der Waals surface area contributed by atoms with E-state index in [9.17, 15) is 4.39 Å². The summed E-state index contributed by atoms with van der Waals surface area (Å²) in [5.41, 5.74) is 6.87. The van der Waals surface area contributed by atoms with E-state index in [1.807, 2.05) is 40.8 Å². The minimum atomic E-state index is -0.115. The first-order valence-corrected chi connectivity index (χ1v) is 11.0. The number of hydrogen-bond acceptors (Lipinski definition) is 0. The van der Waals surface area contributed by atoms with E-state index in [0.717, 1.165) is 45.1 Å². The molecule has 2 aliphatic carbocycles. The number of rotatable bonds is 2. The molecule has 2 aromatic carbocycles. The van der Waals surface area contributed by atoms with Gasteiger partial charge in [0.1, 0.15) is 12.9 Å². The second-order valence-corrected chi connectivity index (χ2v) is 9.51. The van der Waals surface area contributed by atoms with Gasteiger partial charge in [-0.3, -0.25) is 0 Å². The van der Waals surface area contributed by atoms with E-state index >= 15 is 0 Å². The van der Waals surface area contributed by atoms with Crippen LogP contribution in [0.5, 0.6) is 0 Å². The minimum Gasteiger partial charge on any atom is -0.206 e. The average molecular weight is 390 g/mol. The van der Waals surface area contributed by atoms with Gasteiger partial charge in [-0.2, -0.15) is 4.57 Å². The zero-order valence-corrected chi connectivity index (χ0v) is 18.2. The molecular weight excluding hydrogens is 357 g/mol. The number of aryl methyl sites for hydroxylation is 1. The second-order valence-electron chi connectivity index (χ2n) is 9.51. The third-order valence-electron chi connectivity index (χ3n) is 7.88. The standard InChI is InChI=1S/C27H31FN/c1-15-10-24(17(3)18(4)26(15)28)27-23-9-8-21(14-22(23)11-16(2)29(27)5)25-13-19-6-7-20(25)12-19/h8-11,14,19-20,25H,6-7,12-13H2,1-5H3/q+1/i11D. The number of benzene rings is 2. The summed E-state index contributed by atoms with van der Waals surface area (Å²) in [6.45, 7) is 7.73. The number of hydrogen-bond donors (Lipinski definition) is 0. The number of pyridine rings is 1. The Bertz CT molecular complexity index is 1200. The van der Waals surface area contributed by atoms with Gasteiger partial charge >= 0.3 is 0 Å². The maximum absolute atomic E-state index is 14.5. The summed E-state index contributed by atoms with van der Waals surface area (Å²) < 4.78 is 25.5. The van der Waals surface area contributed by atoms with Gasteiger partial charge in [-0.05, 0) is 97.6 Å². The number of aromatic nitrogens is 1. The number of fused-ring (bicyclic) bond motifs is 3. The van der Waals surface area contributed by atoms with Crippen LogP contribution in [0.2, 0.25) is 0 Å². The summed E-state index contributed by atoms with van der Waals surface area (Å²) in [5, 5.41) is 2.12. The van der Waals surface area contributed by atoms with Crippen molar-refractivity contribution >= 4 is 10.8 Å². The molecule has 0 spiro atoms. The van der Waals surface area contributed by atoms with Crippen molar-refractivity contribution in [3.8, 4) is 11.3 Å². The van der Waals surface area contributed by atoms with Crippen LogP contribution in [-0.4, -0.2) is 0 Å². The summed E-state index contributed by atoms with van der Waals surface area (Å²) in [6, 6.07) is 9.38. The fraction of sp³-hybridized carbons (Fsp3) is 0.444. The molecule has 2 heteroatoms. The Morgan fingerprint density at radius 1 is 1.03 bits per heavy atom. The molecule has 1 nitrogen and oxygen atoms in total. The maximum Gasteiger partial charge on any atom is 0.220 e. The smallest absolute Gasteiger partial charge is 0.206 e. The Kier molecular flexibility index (Phi) is 4.04. The van der Waals surface area contributed by atoms with Crippen molar-refractivity contribution in [1.82, 2.24) is 0 Å². The summed E-state index contributed by atoms with van der Waals surface area (Å²) in [7, 11) is 2.03. The molecule has 2 fully saturated rings. The molecule has 0 N–H and O–H groups in total. The van der Waals surface area contributed by atoms with Crippen molar-refractivity contribution in [3.05, 3.63) is 64.1 Å². The summed E-state index contributed by atoms with van der Waals surface area (Å²) in [5.74, 6) is 2.27. The first-order valence-electron chi connectivity index (χ1n) is 11.5. The van der Waals surface area contributed by atoms with Crippen molar-refractivity contribution in [3.63, 3.8) is 0 Å². The van der Waals surface area contributed by atoms with E-state index < -0.39 is 0 Å². The van der Waals surface area contributed by atoms with Crippen molar-refractivity contribution in [2.75, 3.05) is 0 Å². The van der Waals surface area contributed by atoms with Gasteiger partial charge in [-0.1, -0.05) is 18.6 Å². The van der Waals surface area contributed by atoms with Crippen molar-refractivity contribution in [1.29, 1.82) is 0 Å². The van der Waals surface area contributed by atoms with Gasteiger partial charge in [0.2, 0.25) is 5.69 Å². The van der Waals surface area contributed by atoms with Crippen LogP contribution in [0.4, 0.5) is 4.39 Å². The average Bonchev–Trinajstić information content (AvgIpc) is 3.38. The lowest BCUT2D eigenvalue weighted by Crippen LogP contribution is -2.35. The van der Waals surface area contributed by atoms with Gasteiger partial charge in [-0.15, -0.1) is 0 Å². The van der Waals surface area contributed by atoms with Gasteiger partial charge in [-0.25, -0.2) is 4.39 Å². The highest BCUT2D eigenvalue weighted by atomic mass is 19.1. The molecule has 3 unspecified atom stereocenters. The predicted molar refractivity (Wildman–Crippen MR) is 118 cm³/mol. The van der Waals surface area contributed by atoms with Crippen molar-refractivity contribution in [2.24, 2.45) is 18.9 Å². The molecule has 1 heterocycles. The molecule has 2 aliphatic rings. The second kappa shape index (κ2) is 6.65. The molecule has 1 aromatic heterocycles. The maximum atomic E-state index is 14.5. The lowest BCUT2D eigenvalue weighted by Gasteiger charge is -2.22. The van der Waals surface area contributed by atoms with Crippen LogP contribution in [0.3, 0.4) is 0 Å². The topological polar surface area (TPSA) is 3.88 Å². The molecule has 5 rings (SSSR count). The molecule has 3 aromatic rings. The summed E-state index contributed by atoms with van der Waals surface area (Å²) in [6.07, 6.45) is 5.46. The molecular formula is C27H31FN+. The monoisotopic (exact) mass is 389 g/mol. The Hall–Kier alpha value is -2.22. The van der Waals surface area contributed by atoms with Gasteiger partial charge in [0.25, 0.3) is 0 Å². The van der Waals surface area contributed by atoms with Gasteiger partial charge in [0.05, 0.1) is 12.3 Å². The third-order valence-corrected chi connectivity index (χ3v) is 7.88. The highest BCUT2D eigenvalue weighted by Crippen LogP contribution is 2.53. The quantitative estimate of drug-likeness (QED) is 0.434. The first kappa shape index (κ1) is 17.6. The lowest BCUT2D eigenvalue weighted by molar-refractivity contribution is -0.665. The minimum absolute atomic E-state index is 0.115. The van der Waals surface area contributed by atoms with Crippen LogP contribution < -0.4 is 4.57 Å². The first-order chi connectivity index (χ1) is 14.3. The Morgan fingerprint density at radius 3 is 2.52 bits per heavy atom. The highest BCUT2D eigenvalue weighted by molar-refractivity contribution is 5.94. The van der Waals surface area contributed by atoms with E-state index in [0.29, 0.717) is 23.1 Å². The van der Waals surface area contributed by atoms with Gasteiger partial charge < -0.3 is 0 Å². The molecule has 0 saturated heterocycles. The molecule has 150 valence electrons. The third kappa shape index (κ3) is 2.83. The van der Waals surface area contributed by atoms with E-state index in [2.05, 4.69) is 22.8 Å². The molecule has 0 aliphatic heterocycles. The van der Waals surface area contributed by atoms with Crippen LogP contribution >= 0.6 is 0 Å². The van der Waals surface area contributed by atoms with E-state index in [-0.39, 0.29) is 5.82 Å². The SMILES string of the molecule is [2H]c1c(C)[n+](C)c(-c2cc(C)c(F)c(C)c2C)c2ccc(C3CC4CCC3C4)cc12. The number of nitrogens with zero attached hydrogens (tertiary/aromatic N) is 1. The van der Waals surface area contributed by atoms with Crippen molar-refractivity contribution in [2.45, 2.75) is 59.3 Å². The molecule has 2 bridgehead atoms. The zero-order valence-electron chi connectivity index (χ0n) is 19.2. The molecule has 0 amide bonds. The molecule has 3 atom stereocenters. The summed E-state index contributed by atoms with van der Waals surface area (Å²) >= 11 is 0. The fourth-order valence-corrected chi connectivity index (χ4v) is 6.00. The zero-order chi connectivity index (χ0) is 21.3. The Morgan fingerprint density at radius 2 is 1.83 bits per heavy atom. The van der Waals surface area contributed by atoms with Crippen LogP contribution in [0.15, 0.2) is 30.3 Å². The fourth-order valence-electron chi connectivity index (χ4n) is 6.00. The normalized spacial score (nSPS) is 23.8. The number of halogens is 1. The molecule has 2 saturated carbocycles. The Balaban J connectivity index is 1.76. The molecule has 0 radical (unpaired) electrons. The largest absolute Gasteiger partial charge is 0.220 e. The van der Waals surface area contributed by atoms with Gasteiger partial charge in [0.15, 0.2) is 5.69 Å². The Labute approximate surface area is 175 Å². The highest BCUT2D eigenvalue weighted by Gasteiger charge is 2.40. The van der Waals surface area contributed by atoms with E-state index in [1.54, 1.807) is 0 Å². The van der Waals surface area contributed by atoms with E-state index in [1.165, 1.54) is 31.2 Å². The van der Waals surface area contributed by atoms with Crippen LogP contribution in [0, 0.1) is 45.3 Å². The van der Waals surface area contributed by atoms with E-state index in [4.69, 9.17) is 1.37 Å². The van der Waals surface area contributed by atoms with Crippen LogP contribution in [-0.2, 0) is 7.05 Å². The van der Waals surface area contributed by atoms with Crippen LogP contribution in [0.25, 0.3) is 22.0 Å². The summed E-state index contributed by atoms with van der Waals surface area (Å²) in [4.78, 5) is 0.